The summed E-state index contributed by atoms with van der Waals surface area (Å²) in [7, 11) is 0. The molecular weight excluding hydrogens is 349 g/mol. The van der Waals surface area contributed by atoms with Crippen LogP contribution in [0.5, 0.6) is 5.75 Å². The molecule has 0 saturated carbocycles. The second-order valence-corrected chi connectivity index (χ2v) is 6.00. The highest BCUT2D eigenvalue weighted by Gasteiger charge is 2.37. The van der Waals surface area contributed by atoms with Crippen LogP contribution in [0.4, 0.5) is 22.0 Å². The van der Waals surface area contributed by atoms with E-state index in [0.717, 1.165) is 6.07 Å². The van der Waals surface area contributed by atoms with Gasteiger partial charge in [0.2, 0.25) is 0 Å². The van der Waals surface area contributed by atoms with E-state index < -0.39 is 52.2 Å². The van der Waals surface area contributed by atoms with E-state index in [1.807, 2.05) is 0 Å². The molecule has 4 nitrogen and oxygen atoms in total. The van der Waals surface area contributed by atoms with E-state index in [4.69, 9.17) is 5.26 Å². The van der Waals surface area contributed by atoms with Crippen LogP contribution in [0.15, 0.2) is 23.8 Å². The standard InChI is InChI=1S/C16H14F5NO3/c1-15(2,3)13(24)10(7-22)12(23)9-5-4-8(25-14(17)18)6-11(9)16(19,20)21/h4-6,14,23H,1-3H3/b12-10-. The van der Waals surface area contributed by atoms with Crippen molar-refractivity contribution < 1.29 is 36.6 Å². The lowest BCUT2D eigenvalue weighted by molar-refractivity contribution is -0.138. The fourth-order valence-corrected chi connectivity index (χ4v) is 1.86. The van der Waals surface area contributed by atoms with Crippen molar-refractivity contribution in [2.45, 2.75) is 33.6 Å². The van der Waals surface area contributed by atoms with Crippen molar-refractivity contribution >= 4 is 11.5 Å². The maximum atomic E-state index is 13.2. The maximum absolute atomic E-state index is 13.2. The van der Waals surface area contributed by atoms with Gasteiger partial charge in [0, 0.05) is 11.0 Å². The number of allylic oxidation sites excluding steroid dienone is 1. The van der Waals surface area contributed by atoms with Gasteiger partial charge in [-0.15, -0.1) is 0 Å². The predicted octanol–water partition coefficient (Wildman–Crippen LogP) is 4.71. The van der Waals surface area contributed by atoms with Gasteiger partial charge < -0.3 is 9.84 Å². The third-order valence-electron chi connectivity index (χ3n) is 3.03. The molecule has 9 heteroatoms. The average molecular weight is 363 g/mol. The van der Waals surface area contributed by atoms with Gasteiger partial charge in [-0.1, -0.05) is 20.8 Å². The van der Waals surface area contributed by atoms with Gasteiger partial charge in [0.15, 0.2) is 5.78 Å². The number of ether oxygens (including phenoxy) is 1. The lowest BCUT2D eigenvalue weighted by atomic mass is 9.85. The van der Waals surface area contributed by atoms with Crippen LogP contribution in [-0.2, 0) is 11.0 Å². The van der Waals surface area contributed by atoms with Gasteiger partial charge in [0.1, 0.15) is 23.2 Å². The highest BCUT2D eigenvalue weighted by atomic mass is 19.4. The molecule has 1 rings (SSSR count). The number of ketones is 1. The molecule has 136 valence electrons. The second-order valence-electron chi connectivity index (χ2n) is 6.00. The van der Waals surface area contributed by atoms with Gasteiger partial charge in [-0.3, -0.25) is 4.79 Å². The van der Waals surface area contributed by atoms with Crippen molar-refractivity contribution in [3.05, 3.63) is 34.9 Å². The first-order valence-corrected chi connectivity index (χ1v) is 6.83. The summed E-state index contributed by atoms with van der Waals surface area (Å²) in [5.74, 6) is -2.83. The van der Waals surface area contributed by atoms with Crippen LogP contribution in [0, 0.1) is 16.7 Å². The molecule has 1 aromatic carbocycles. The number of aliphatic hydroxyl groups excluding tert-OH is 1. The molecule has 1 aromatic rings. The van der Waals surface area contributed by atoms with Crippen molar-refractivity contribution in [1.29, 1.82) is 5.26 Å². The zero-order valence-electron chi connectivity index (χ0n) is 13.4. The number of carbonyl (C=O) groups excluding carboxylic acids is 1. The van der Waals surface area contributed by atoms with Gasteiger partial charge in [-0.2, -0.15) is 27.2 Å². The van der Waals surface area contributed by atoms with Crippen molar-refractivity contribution in [1.82, 2.24) is 0 Å². The number of hydrogen-bond acceptors (Lipinski definition) is 4. The maximum Gasteiger partial charge on any atom is 0.417 e. The van der Waals surface area contributed by atoms with Crippen LogP contribution < -0.4 is 4.74 Å². The molecule has 0 aromatic heterocycles. The SMILES string of the molecule is CC(C)(C)C(=O)/C(C#N)=C(\O)c1ccc(OC(F)F)cc1C(F)(F)F. The van der Waals surface area contributed by atoms with Crippen LogP contribution in [0.25, 0.3) is 5.76 Å². The number of nitrogens with zero attached hydrogens (tertiary/aromatic N) is 1. The number of aliphatic hydroxyl groups is 1. The summed E-state index contributed by atoms with van der Waals surface area (Å²) in [4.78, 5) is 12.1. The lowest BCUT2D eigenvalue weighted by Gasteiger charge is -2.18. The van der Waals surface area contributed by atoms with E-state index in [1.165, 1.54) is 26.8 Å². The van der Waals surface area contributed by atoms with Crippen LogP contribution >= 0.6 is 0 Å². The molecule has 0 aliphatic carbocycles. The molecule has 0 aliphatic heterocycles. The predicted molar refractivity (Wildman–Crippen MR) is 77.7 cm³/mol. The number of benzene rings is 1. The van der Waals surface area contributed by atoms with Crippen LogP contribution in [0.2, 0.25) is 0 Å². The third-order valence-corrected chi connectivity index (χ3v) is 3.03. The number of carbonyl (C=O) groups is 1. The van der Waals surface area contributed by atoms with Gasteiger partial charge in [-0.05, 0) is 18.2 Å². The van der Waals surface area contributed by atoms with Crippen molar-refractivity contribution in [3.63, 3.8) is 0 Å². The molecule has 25 heavy (non-hydrogen) atoms. The number of hydrogen-bond donors (Lipinski definition) is 1. The molecule has 0 saturated heterocycles. The fourth-order valence-electron chi connectivity index (χ4n) is 1.86. The topological polar surface area (TPSA) is 70.3 Å². The molecule has 0 bridgehead atoms. The minimum absolute atomic E-state index is 0.258. The van der Waals surface area contributed by atoms with Crippen LogP contribution in [-0.4, -0.2) is 17.5 Å². The quantitative estimate of drug-likeness (QED) is 0.364. The summed E-state index contributed by atoms with van der Waals surface area (Å²) in [6.45, 7) is 0.923. The zero-order chi connectivity index (χ0) is 19.6. The van der Waals surface area contributed by atoms with Gasteiger partial charge in [0.25, 0.3) is 0 Å². The van der Waals surface area contributed by atoms with Gasteiger partial charge in [-0.25, -0.2) is 0 Å². The van der Waals surface area contributed by atoms with E-state index in [9.17, 15) is 31.9 Å². The Kier molecular flexibility index (Phi) is 5.79. The minimum Gasteiger partial charge on any atom is -0.506 e. The first-order chi connectivity index (χ1) is 11.3. The molecule has 0 spiro atoms. The Morgan fingerprint density at radius 3 is 2.20 bits per heavy atom. The highest BCUT2D eigenvalue weighted by molar-refractivity contribution is 6.07. The van der Waals surface area contributed by atoms with E-state index >= 15 is 0 Å². The van der Waals surface area contributed by atoms with Crippen molar-refractivity contribution in [2.75, 3.05) is 0 Å². The summed E-state index contributed by atoms with van der Waals surface area (Å²) < 4.78 is 67.8. The minimum atomic E-state index is -5.05. The normalized spacial score (nSPS) is 13.3. The van der Waals surface area contributed by atoms with E-state index in [1.54, 1.807) is 0 Å². The summed E-state index contributed by atoms with van der Waals surface area (Å²) in [6, 6.07) is 3.08. The van der Waals surface area contributed by atoms with Gasteiger partial charge >= 0.3 is 12.8 Å². The van der Waals surface area contributed by atoms with E-state index in [2.05, 4.69) is 4.74 Å². The first kappa shape index (κ1) is 20.4. The highest BCUT2D eigenvalue weighted by Crippen LogP contribution is 2.38. The smallest absolute Gasteiger partial charge is 0.417 e. The molecule has 0 fully saturated rings. The monoisotopic (exact) mass is 363 g/mol. The Hall–Kier alpha value is -2.63. The Balaban J connectivity index is 3.62. The summed E-state index contributed by atoms with van der Waals surface area (Å²) >= 11 is 0. The molecule has 0 aliphatic rings. The molecule has 0 heterocycles. The number of Topliss-reactive ketones (excluding diaryl/α,β-unsaturated/α-hetero) is 1. The Labute approximate surface area is 140 Å². The average Bonchev–Trinajstić information content (AvgIpc) is 2.45. The number of rotatable bonds is 4. The fraction of sp³-hybridized carbons (Fsp3) is 0.375. The largest absolute Gasteiger partial charge is 0.506 e. The molecule has 1 N–H and O–H groups in total. The van der Waals surface area contributed by atoms with E-state index in [0.29, 0.717) is 6.07 Å². The van der Waals surface area contributed by atoms with E-state index in [-0.39, 0.29) is 6.07 Å². The Bertz CT molecular complexity index is 740. The molecule has 0 amide bonds. The number of nitriles is 1. The second kappa shape index (κ2) is 7.09. The van der Waals surface area contributed by atoms with Crippen molar-refractivity contribution in [3.8, 4) is 11.8 Å². The lowest BCUT2D eigenvalue weighted by Crippen LogP contribution is -2.23. The molecule has 0 unspecified atom stereocenters. The Morgan fingerprint density at radius 1 is 1.24 bits per heavy atom. The molecule has 0 radical (unpaired) electrons. The van der Waals surface area contributed by atoms with Crippen molar-refractivity contribution in [2.24, 2.45) is 5.41 Å². The zero-order valence-corrected chi connectivity index (χ0v) is 13.4. The van der Waals surface area contributed by atoms with Gasteiger partial charge in [0.05, 0.1) is 5.56 Å². The van der Waals surface area contributed by atoms with Crippen LogP contribution in [0.1, 0.15) is 31.9 Å². The first-order valence-electron chi connectivity index (χ1n) is 6.83. The summed E-state index contributed by atoms with van der Waals surface area (Å²) in [5, 5.41) is 19.1. The Morgan fingerprint density at radius 2 is 1.80 bits per heavy atom. The van der Waals surface area contributed by atoms with Crippen LogP contribution in [0.3, 0.4) is 0 Å². The number of alkyl halides is 5. The molecule has 0 atom stereocenters. The molecular formula is C16H14F5NO3. The summed E-state index contributed by atoms with van der Waals surface area (Å²) in [6.07, 6.45) is -5.05. The number of halogens is 5. The third kappa shape index (κ3) is 4.92. The summed E-state index contributed by atoms with van der Waals surface area (Å²) in [5.41, 5.74) is -4.39.